The number of carbonyl (C=O) groups excluding carboxylic acids is 3. The molecule has 0 unspecified atom stereocenters. The van der Waals surface area contributed by atoms with Crippen LogP contribution in [0.15, 0.2) is 16.6 Å². The van der Waals surface area contributed by atoms with Gasteiger partial charge in [-0.05, 0) is 48.8 Å². The number of rotatable bonds is 5. The highest BCUT2D eigenvalue weighted by molar-refractivity contribution is 9.10. The van der Waals surface area contributed by atoms with Crippen molar-refractivity contribution in [3.63, 3.8) is 0 Å². The third kappa shape index (κ3) is 5.41. The Morgan fingerprint density at radius 3 is 2.38 bits per heavy atom. The van der Waals surface area contributed by atoms with Crippen molar-refractivity contribution in [3.8, 4) is 11.5 Å². The highest BCUT2D eigenvalue weighted by Gasteiger charge is 2.18. The maximum absolute atomic E-state index is 12.1. The van der Waals surface area contributed by atoms with Gasteiger partial charge in [-0.15, -0.1) is 0 Å². The van der Waals surface area contributed by atoms with Crippen molar-refractivity contribution in [1.82, 2.24) is 16.2 Å². The van der Waals surface area contributed by atoms with Crippen LogP contribution in [0.2, 0.25) is 0 Å². The molecule has 0 spiro atoms. The number of hydrazine groups is 1. The lowest BCUT2D eigenvalue weighted by Gasteiger charge is -2.14. The van der Waals surface area contributed by atoms with Gasteiger partial charge in [-0.2, -0.15) is 0 Å². The molecular formula is C15H20BrN3O5. The first kappa shape index (κ1) is 19.8. The van der Waals surface area contributed by atoms with E-state index in [4.69, 9.17) is 9.47 Å². The number of hydrogen-bond donors (Lipinski definition) is 3. The van der Waals surface area contributed by atoms with Crippen molar-refractivity contribution in [2.24, 2.45) is 0 Å². The van der Waals surface area contributed by atoms with Gasteiger partial charge < -0.3 is 14.8 Å². The first-order valence-electron chi connectivity index (χ1n) is 7.21. The van der Waals surface area contributed by atoms with Gasteiger partial charge in [0.25, 0.3) is 5.91 Å². The summed E-state index contributed by atoms with van der Waals surface area (Å²) in [7, 11) is 1.45. The van der Waals surface area contributed by atoms with Crippen LogP contribution < -0.4 is 25.6 Å². The fourth-order valence-corrected chi connectivity index (χ4v) is 2.26. The number of methoxy groups -OCH3 is 1. The van der Waals surface area contributed by atoms with Crippen LogP contribution in [0.3, 0.4) is 0 Å². The molecule has 0 saturated heterocycles. The first-order chi connectivity index (χ1) is 11.3. The molecule has 1 aromatic rings. The molecule has 1 rings (SSSR count). The third-order valence-electron chi connectivity index (χ3n) is 2.70. The van der Waals surface area contributed by atoms with E-state index in [1.807, 2.05) is 12.3 Å². The Labute approximate surface area is 148 Å². The molecule has 8 nitrogen and oxygen atoms in total. The molecule has 24 heavy (non-hydrogen) atoms. The molecule has 0 atom stereocenters. The molecule has 0 radical (unpaired) electrons. The minimum absolute atomic E-state index is 0.190. The molecule has 132 valence electrons. The van der Waals surface area contributed by atoms with Gasteiger partial charge in [0.2, 0.25) is 0 Å². The molecule has 0 aliphatic carbocycles. The SMILES string of the molecule is CCOc1c(Br)cc(C(=O)NNC(=O)C(=O)NC(C)C)cc1OC. The Bertz CT molecular complexity index is 634. The van der Waals surface area contributed by atoms with Gasteiger partial charge in [0, 0.05) is 11.6 Å². The van der Waals surface area contributed by atoms with Crippen molar-refractivity contribution in [3.05, 3.63) is 22.2 Å². The minimum atomic E-state index is -0.964. The Kier molecular flexibility index (Phi) is 7.50. The zero-order chi connectivity index (χ0) is 18.3. The molecule has 0 aliphatic heterocycles. The molecule has 0 fully saturated rings. The number of benzene rings is 1. The summed E-state index contributed by atoms with van der Waals surface area (Å²) in [5.74, 6) is -1.58. The Morgan fingerprint density at radius 1 is 1.17 bits per heavy atom. The molecule has 3 N–H and O–H groups in total. The topological polar surface area (TPSA) is 106 Å². The Morgan fingerprint density at radius 2 is 1.83 bits per heavy atom. The minimum Gasteiger partial charge on any atom is -0.493 e. The standard InChI is InChI=1S/C15H20BrN3O5/c1-5-24-12-10(16)6-9(7-11(12)23-4)13(20)18-19-15(22)14(21)17-8(2)3/h6-8H,5H2,1-4H3,(H,17,21)(H,18,20)(H,19,22). The molecule has 0 bridgehead atoms. The second-order valence-corrected chi connectivity index (χ2v) is 5.81. The van der Waals surface area contributed by atoms with Crippen molar-refractivity contribution in [2.45, 2.75) is 26.8 Å². The van der Waals surface area contributed by atoms with Gasteiger partial charge in [0.15, 0.2) is 11.5 Å². The average molecular weight is 402 g/mol. The van der Waals surface area contributed by atoms with Crippen LogP contribution in [0.5, 0.6) is 11.5 Å². The fraction of sp³-hybridized carbons (Fsp3) is 0.400. The predicted molar refractivity (Wildman–Crippen MR) is 90.8 cm³/mol. The van der Waals surface area contributed by atoms with E-state index in [2.05, 4.69) is 26.7 Å². The van der Waals surface area contributed by atoms with E-state index in [0.717, 1.165) is 0 Å². The van der Waals surface area contributed by atoms with Crippen molar-refractivity contribution in [1.29, 1.82) is 0 Å². The van der Waals surface area contributed by atoms with Crippen LogP contribution in [0.1, 0.15) is 31.1 Å². The molecule has 3 amide bonds. The Balaban J connectivity index is 2.80. The summed E-state index contributed by atoms with van der Waals surface area (Å²) < 4.78 is 11.2. The van der Waals surface area contributed by atoms with Gasteiger partial charge in [-0.25, -0.2) is 0 Å². The summed E-state index contributed by atoms with van der Waals surface area (Å²) in [5, 5.41) is 2.41. The van der Waals surface area contributed by atoms with E-state index >= 15 is 0 Å². The van der Waals surface area contributed by atoms with Gasteiger partial charge in [0.05, 0.1) is 18.2 Å². The van der Waals surface area contributed by atoms with Crippen LogP contribution in [0.4, 0.5) is 0 Å². The van der Waals surface area contributed by atoms with Gasteiger partial charge in [-0.1, -0.05) is 0 Å². The van der Waals surface area contributed by atoms with E-state index in [9.17, 15) is 14.4 Å². The monoisotopic (exact) mass is 401 g/mol. The molecule has 0 heterocycles. The molecule has 1 aromatic carbocycles. The molecule has 0 saturated carbocycles. The van der Waals surface area contributed by atoms with Crippen LogP contribution >= 0.6 is 15.9 Å². The summed E-state index contributed by atoms with van der Waals surface area (Å²) in [6, 6.07) is 2.79. The quantitative estimate of drug-likeness (QED) is 0.506. The molecule has 0 aromatic heterocycles. The number of ether oxygens (including phenoxy) is 2. The van der Waals surface area contributed by atoms with Gasteiger partial charge in [0.1, 0.15) is 0 Å². The van der Waals surface area contributed by atoms with E-state index in [0.29, 0.717) is 22.6 Å². The zero-order valence-electron chi connectivity index (χ0n) is 13.9. The number of nitrogens with one attached hydrogen (secondary N) is 3. The van der Waals surface area contributed by atoms with Crippen molar-refractivity contribution < 1.29 is 23.9 Å². The summed E-state index contributed by atoms with van der Waals surface area (Å²) in [5.41, 5.74) is 4.43. The van der Waals surface area contributed by atoms with Gasteiger partial charge >= 0.3 is 11.8 Å². The molecule has 9 heteroatoms. The summed E-state index contributed by atoms with van der Waals surface area (Å²) >= 11 is 3.30. The smallest absolute Gasteiger partial charge is 0.327 e. The van der Waals surface area contributed by atoms with Crippen LogP contribution in [0, 0.1) is 0 Å². The number of halogens is 1. The zero-order valence-corrected chi connectivity index (χ0v) is 15.4. The van der Waals surface area contributed by atoms with E-state index < -0.39 is 17.7 Å². The summed E-state index contributed by atoms with van der Waals surface area (Å²) in [6.45, 7) is 5.69. The molecular weight excluding hydrogens is 382 g/mol. The van der Waals surface area contributed by atoms with E-state index in [1.165, 1.54) is 19.2 Å². The maximum Gasteiger partial charge on any atom is 0.327 e. The average Bonchev–Trinajstić information content (AvgIpc) is 2.53. The highest BCUT2D eigenvalue weighted by atomic mass is 79.9. The highest BCUT2D eigenvalue weighted by Crippen LogP contribution is 2.36. The third-order valence-corrected chi connectivity index (χ3v) is 3.28. The van der Waals surface area contributed by atoms with Crippen LogP contribution in [0.25, 0.3) is 0 Å². The number of hydrogen-bond acceptors (Lipinski definition) is 5. The number of amides is 3. The van der Waals surface area contributed by atoms with E-state index in [1.54, 1.807) is 13.8 Å². The summed E-state index contributed by atoms with van der Waals surface area (Å²) in [6.07, 6.45) is 0. The fourth-order valence-electron chi connectivity index (χ4n) is 1.71. The van der Waals surface area contributed by atoms with Crippen LogP contribution in [-0.2, 0) is 9.59 Å². The first-order valence-corrected chi connectivity index (χ1v) is 8.00. The lowest BCUT2D eigenvalue weighted by Crippen LogP contribution is -2.49. The summed E-state index contributed by atoms with van der Waals surface area (Å²) in [4.78, 5) is 35.1. The predicted octanol–water partition coefficient (Wildman–Crippen LogP) is 1.14. The largest absolute Gasteiger partial charge is 0.493 e. The van der Waals surface area contributed by atoms with Gasteiger partial charge in [-0.3, -0.25) is 25.2 Å². The van der Waals surface area contributed by atoms with E-state index in [-0.39, 0.29) is 11.6 Å². The second-order valence-electron chi connectivity index (χ2n) is 4.96. The molecule has 0 aliphatic rings. The van der Waals surface area contributed by atoms with Crippen molar-refractivity contribution >= 4 is 33.7 Å². The second kappa shape index (κ2) is 9.11. The van der Waals surface area contributed by atoms with Crippen molar-refractivity contribution in [2.75, 3.05) is 13.7 Å². The maximum atomic E-state index is 12.1. The lowest BCUT2D eigenvalue weighted by atomic mass is 10.2. The lowest BCUT2D eigenvalue weighted by molar-refractivity contribution is -0.139. The normalized spacial score (nSPS) is 10.1. The Hall–Kier alpha value is -2.29. The number of carbonyl (C=O) groups is 3. The van der Waals surface area contributed by atoms with Crippen LogP contribution in [-0.4, -0.2) is 37.5 Å².